The van der Waals surface area contributed by atoms with E-state index in [0.717, 1.165) is 12.8 Å². The molecule has 0 heterocycles. The van der Waals surface area contributed by atoms with E-state index < -0.39 is 0 Å². The Labute approximate surface area is 80.1 Å². The first-order valence-electron chi connectivity index (χ1n) is 5.04. The van der Waals surface area contributed by atoms with Crippen molar-refractivity contribution in [3.05, 3.63) is 0 Å². The second-order valence-corrected chi connectivity index (χ2v) is 4.43. The molecule has 13 heavy (non-hydrogen) atoms. The van der Waals surface area contributed by atoms with Gasteiger partial charge in [-0.2, -0.15) is 0 Å². The quantitative estimate of drug-likeness (QED) is 0.681. The van der Waals surface area contributed by atoms with Crippen LogP contribution in [0.1, 0.15) is 33.6 Å². The Kier molecular flexibility index (Phi) is 2.96. The lowest BCUT2D eigenvalue weighted by molar-refractivity contribution is -0.124. The lowest BCUT2D eigenvalue weighted by Crippen LogP contribution is -2.51. The fourth-order valence-electron chi connectivity index (χ4n) is 1.36. The summed E-state index contributed by atoms with van der Waals surface area (Å²) in [5.41, 5.74) is 5.40. The highest BCUT2D eigenvalue weighted by molar-refractivity contribution is 5.82. The van der Waals surface area contributed by atoms with E-state index in [0.29, 0.717) is 12.5 Å². The molecular weight excluding hydrogens is 164 g/mol. The maximum Gasteiger partial charge on any atom is 0.223 e. The van der Waals surface area contributed by atoms with Gasteiger partial charge < -0.3 is 11.1 Å². The van der Waals surface area contributed by atoms with Crippen molar-refractivity contribution in [3.8, 4) is 0 Å². The fourth-order valence-corrected chi connectivity index (χ4v) is 1.36. The summed E-state index contributed by atoms with van der Waals surface area (Å²) in [6.45, 7) is 6.66. The smallest absolute Gasteiger partial charge is 0.223 e. The van der Waals surface area contributed by atoms with E-state index in [9.17, 15) is 4.79 Å². The van der Waals surface area contributed by atoms with Crippen LogP contribution in [0, 0.1) is 11.8 Å². The summed E-state index contributed by atoms with van der Waals surface area (Å²) in [6, 6.07) is 0. The highest BCUT2D eigenvalue weighted by atomic mass is 16.2. The molecule has 1 rings (SSSR count). The molecule has 3 atom stereocenters. The fraction of sp³-hybridized carbons (Fsp3) is 0.900. The monoisotopic (exact) mass is 184 g/mol. The Morgan fingerprint density at radius 1 is 1.69 bits per heavy atom. The molecule has 0 saturated heterocycles. The van der Waals surface area contributed by atoms with Gasteiger partial charge in [0, 0.05) is 18.0 Å². The van der Waals surface area contributed by atoms with E-state index in [-0.39, 0.29) is 17.4 Å². The van der Waals surface area contributed by atoms with Gasteiger partial charge in [0.15, 0.2) is 0 Å². The minimum atomic E-state index is -0.209. The van der Waals surface area contributed by atoms with Crippen LogP contribution in [0.15, 0.2) is 0 Å². The Morgan fingerprint density at radius 2 is 2.23 bits per heavy atom. The first kappa shape index (κ1) is 10.5. The molecule has 1 fully saturated rings. The van der Waals surface area contributed by atoms with Crippen LogP contribution in [-0.2, 0) is 4.79 Å². The van der Waals surface area contributed by atoms with Gasteiger partial charge in [0.05, 0.1) is 0 Å². The Morgan fingerprint density at radius 3 is 2.54 bits per heavy atom. The number of rotatable bonds is 4. The van der Waals surface area contributed by atoms with Gasteiger partial charge in [-0.3, -0.25) is 4.79 Å². The zero-order valence-electron chi connectivity index (χ0n) is 8.76. The van der Waals surface area contributed by atoms with Crippen molar-refractivity contribution in [1.82, 2.24) is 5.32 Å². The number of nitrogens with two attached hydrogens (primary N) is 1. The van der Waals surface area contributed by atoms with Gasteiger partial charge in [0.1, 0.15) is 0 Å². The highest BCUT2D eigenvalue weighted by Gasteiger charge is 2.40. The van der Waals surface area contributed by atoms with E-state index in [2.05, 4.69) is 12.2 Å². The summed E-state index contributed by atoms with van der Waals surface area (Å²) in [5, 5.41) is 3.02. The minimum absolute atomic E-state index is 0.183. The second-order valence-electron chi connectivity index (χ2n) is 4.43. The largest absolute Gasteiger partial charge is 0.349 e. The normalized spacial score (nSPS) is 30.8. The molecule has 1 aliphatic carbocycles. The maximum atomic E-state index is 11.6. The van der Waals surface area contributed by atoms with Gasteiger partial charge in [-0.15, -0.1) is 0 Å². The van der Waals surface area contributed by atoms with Crippen LogP contribution in [-0.4, -0.2) is 18.0 Å². The van der Waals surface area contributed by atoms with E-state index >= 15 is 0 Å². The topological polar surface area (TPSA) is 55.1 Å². The molecule has 3 nitrogen and oxygen atoms in total. The third kappa shape index (κ3) is 2.44. The first-order valence-corrected chi connectivity index (χ1v) is 5.04. The van der Waals surface area contributed by atoms with Crippen LogP contribution in [0.4, 0.5) is 0 Å². The van der Waals surface area contributed by atoms with Crippen LogP contribution in [0.2, 0.25) is 0 Å². The summed E-state index contributed by atoms with van der Waals surface area (Å²) >= 11 is 0. The number of hydrogen-bond donors (Lipinski definition) is 2. The van der Waals surface area contributed by atoms with Gasteiger partial charge in [-0.1, -0.05) is 13.8 Å². The molecule has 0 radical (unpaired) electrons. The van der Waals surface area contributed by atoms with Gasteiger partial charge in [0.25, 0.3) is 0 Å². The number of carbonyl (C=O) groups excluding carboxylic acids is 1. The van der Waals surface area contributed by atoms with Crippen molar-refractivity contribution in [3.63, 3.8) is 0 Å². The van der Waals surface area contributed by atoms with Crippen molar-refractivity contribution >= 4 is 5.91 Å². The predicted molar refractivity (Wildman–Crippen MR) is 53.2 cm³/mol. The standard InChI is InChI=1S/C10H20N2O/c1-4-10(3,6-11)12-9(13)8-5-7(8)2/h7-8H,4-6,11H2,1-3H3,(H,12,13). The third-order valence-electron chi connectivity index (χ3n) is 3.10. The lowest BCUT2D eigenvalue weighted by atomic mass is 9.99. The molecule has 0 bridgehead atoms. The molecule has 0 spiro atoms. The van der Waals surface area contributed by atoms with E-state index in [4.69, 9.17) is 5.73 Å². The van der Waals surface area contributed by atoms with Crippen LogP contribution >= 0.6 is 0 Å². The third-order valence-corrected chi connectivity index (χ3v) is 3.10. The molecule has 76 valence electrons. The summed E-state index contributed by atoms with van der Waals surface area (Å²) in [6.07, 6.45) is 1.92. The van der Waals surface area contributed by atoms with Gasteiger partial charge in [-0.05, 0) is 25.7 Å². The van der Waals surface area contributed by atoms with Crippen LogP contribution in [0.25, 0.3) is 0 Å². The number of hydrogen-bond acceptors (Lipinski definition) is 2. The molecule has 1 amide bonds. The van der Waals surface area contributed by atoms with Gasteiger partial charge in [-0.25, -0.2) is 0 Å². The van der Waals surface area contributed by atoms with Crippen molar-refractivity contribution in [2.24, 2.45) is 17.6 Å². The molecule has 0 aliphatic heterocycles. The van der Waals surface area contributed by atoms with Gasteiger partial charge >= 0.3 is 0 Å². The minimum Gasteiger partial charge on any atom is -0.349 e. The summed E-state index contributed by atoms with van der Waals surface area (Å²) in [4.78, 5) is 11.6. The summed E-state index contributed by atoms with van der Waals surface area (Å²) < 4.78 is 0. The molecule has 1 aliphatic rings. The molecule has 3 heteroatoms. The summed E-state index contributed by atoms with van der Waals surface area (Å²) in [5.74, 6) is 0.999. The number of amides is 1. The average molecular weight is 184 g/mol. The van der Waals surface area contributed by atoms with E-state index in [1.807, 2.05) is 13.8 Å². The average Bonchev–Trinajstić information content (AvgIpc) is 2.82. The van der Waals surface area contributed by atoms with E-state index in [1.54, 1.807) is 0 Å². The van der Waals surface area contributed by atoms with Crippen LogP contribution < -0.4 is 11.1 Å². The Bertz CT molecular complexity index is 199. The van der Waals surface area contributed by atoms with Crippen molar-refractivity contribution in [2.75, 3.05) is 6.54 Å². The number of carbonyl (C=O) groups is 1. The zero-order chi connectivity index (χ0) is 10.1. The van der Waals surface area contributed by atoms with Gasteiger partial charge in [0.2, 0.25) is 5.91 Å². The Balaban J connectivity index is 2.42. The second kappa shape index (κ2) is 3.66. The summed E-state index contributed by atoms with van der Waals surface area (Å²) in [7, 11) is 0. The Hall–Kier alpha value is -0.570. The van der Waals surface area contributed by atoms with Crippen LogP contribution in [0.3, 0.4) is 0 Å². The predicted octanol–water partition coefficient (Wildman–Crippen LogP) is 0.886. The molecule has 1 saturated carbocycles. The molecule has 0 aromatic heterocycles. The van der Waals surface area contributed by atoms with Crippen LogP contribution in [0.5, 0.6) is 0 Å². The SMILES string of the molecule is CCC(C)(CN)NC(=O)C1CC1C. The highest BCUT2D eigenvalue weighted by Crippen LogP contribution is 2.38. The molecule has 0 aromatic carbocycles. The lowest BCUT2D eigenvalue weighted by Gasteiger charge is -2.28. The zero-order valence-corrected chi connectivity index (χ0v) is 8.76. The molecule has 3 unspecified atom stereocenters. The maximum absolute atomic E-state index is 11.6. The van der Waals surface area contributed by atoms with Crippen molar-refractivity contribution in [2.45, 2.75) is 39.2 Å². The van der Waals surface area contributed by atoms with Crippen molar-refractivity contribution in [1.29, 1.82) is 0 Å². The van der Waals surface area contributed by atoms with Crippen molar-refractivity contribution < 1.29 is 4.79 Å². The molecule has 3 N–H and O–H groups in total. The first-order chi connectivity index (χ1) is 6.02. The van der Waals surface area contributed by atoms with E-state index in [1.165, 1.54) is 0 Å². The molecule has 0 aromatic rings. The number of nitrogens with one attached hydrogen (secondary N) is 1. The molecular formula is C10H20N2O.